The molecule has 0 amide bonds. The molecule has 4 nitrogen and oxygen atoms in total. The first-order valence-electron chi connectivity index (χ1n) is 4.16. The molecular weight excluding hydrogens is 170 g/mol. The average molecular weight is 185 g/mol. The Bertz CT molecular complexity index is 217. The van der Waals surface area contributed by atoms with Crippen molar-refractivity contribution >= 4 is 5.97 Å². The van der Waals surface area contributed by atoms with Crippen LogP contribution in [0.25, 0.3) is 4.85 Å². The van der Waals surface area contributed by atoms with Crippen molar-refractivity contribution in [3.8, 4) is 0 Å². The lowest BCUT2D eigenvalue weighted by atomic mass is 9.96. The Balaban J connectivity index is 4.09. The van der Waals surface area contributed by atoms with Crippen molar-refractivity contribution in [1.29, 1.82) is 0 Å². The second-order valence-electron chi connectivity index (χ2n) is 3.29. The smallest absolute Gasteiger partial charge is 0.308 e. The summed E-state index contributed by atoms with van der Waals surface area (Å²) < 4.78 is 4.65. The lowest BCUT2D eigenvalue weighted by Gasteiger charge is -2.17. The summed E-state index contributed by atoms with van der Waals surface area (Å²) in [6.07, 6.45) is -1.09. The van der Waals surface area contributed by atoms with Gasteiger partial charge in [-0.25, -0.2) is 6.57 Å². The second-order valence-corrected chi connectivity index (χ2v) is 3.29. The van der Waals surface area contributed by atoms with Gasteiger partial charge in [-0.1, -0.05) is 0 Å². The number of carbonyl (C=O) groups is 1. The highest BCUT2D eigenvalue weighted by Crippen LogP contribution is 2.17. The summed E-state index contributed by atoms with van der Waals surface area (Å²) in [6, 6.07) is 0. The highest BCUT2D eigenvalue weighted by molar-refractivity contribution is 5.70. The van der Waals surface area contributed by atoms with Crippen LogP contribution in [0.3, 0.4) is 0 Å². The third-order valence-electron chi connectivity index (χ3n) is 1.77. The summed E-state index contributed by atoms with van der Waals surface area (Å²) in [5, 5.41) is 9.46. The number of nitrogens with zero attached hydrogens (tertiary/aromatic N) is 1. The highest BCUT2D eigenvalue weighted by atomic mass is 16.5. The van der Waals surface area contributed by atoms with E-state index in [0.29, 0.717) is 6.61 Å². The number of ether oxygens (including phenoxy) is 1. The molecule has 0 aliphatic carbocycles. The zero-order valence-corrected chi connectivity index (χ0v) is 8.20. The lowest BCUT2D eigenvalue weighted by Crippen LogP contribution is -2.35. The third kappa shape index (κ3) is 3.90. The van der Waals surface area contributed by atoms with E-state index in [9.17, 15) is 9.90 Å². The van der Waals surface area contributed by atoms with Crippen molar-refractivity contribution in [2.24, 2.45) is 0 Å². The summed E-state index contributed by atoms with van der Waals surface area (Å²) in [6.45, 7) is 12.0. The van der Waals surface area contributed by atoms with E-state index < -0.39 is 17.6 Å². The van der Waals surface area contributed by atoms with Gasteiger partial charge in [0, 0.05) is 13.8 Å². The first kappa shape index (κ1) is 11.9. The van der Waals surface area contributed by atoms with Gasteiger partial charge in [-0.3, -0.25) is 4.79 Å². The van der Waals surface area contributed by atoms with Crippen LogP contribution >= 0.6 is 0 Å². The van der Waals surface area contributed by atoms with Crippen LogP contribution in [0.2, 0.25) is 0 Å². The molecule has 0 spiro atoms. The molecule has 0 aromatic carbocycles. The SMILES string of the molecule is [C-]#[N+]C(C)(C)C(O)CC(=O)OCC. The number of aliphatic hydroxyl groups is 1. The number of carbonyl (C=O) groups excluding carboxylic acids is 1. The van der Waals surface area contributed by atoms with E-state index >= 15 is 0 Å². The molecule has 1 N–H and O–H groups in total. The molecule has 0 heterocycles. The van der Waals surface area contributed by atoms with E-state index in [2.05, 4.69) is 9.58 Å². The molecular formula is C9H15NO3. The standard InChI is InChI=1S/C9H15NO3/c1-5-13-8(12)6-7(11)9(2,3)10-4/h7,11H,5-6H2,1-3H3. The van der Waals surface area contributed by atoms with E-state index in [1.54, 1.807) is 20.8 Å². The van der Waals surface area contributed by atoms with Gasteiger partial charge in [-0.05, 0) is 6.92 Å². The van der Waals surface area contributed by atoms with Crippen molar-refractivity contribution in [2.75, 3.05) is 6.61 Å². The summed E-state index contributed by atoms with van der Waals surface area (Å²) in [4.78, 5) is 14.2. The van der Waals surface area contributed by atoms with Gasteiger partial charge in [-0.2, -0.15) is 0 Å². The molecule has 0 bridgehead atoms. The molecule has 0 saturated carbocycles. The Kier molecular flexibility index (Phi) is 4.43. The minimum absolute atomic E-state index is 0.122. The third-order valence-corrected chi connectivity index (χ3v) is 1.77. The summed E-state index contributed by atoms with van der Waals surface area (Å²) >= 11 is 0. The number of hydrogen-bond acceptors (Lipinski definition) is 3. The fraction of sp³-hybridized carbons (Fsp3) is 0.778. The minimum Gasteiger partial charge on any atom is -0.466 e. The molecule has 13 heavy (non-hydrogen) atoms. The van der Waals surface area contributed by atoms with Crippen LogP contribution < -0.4 is 0 Å². The van der Waals surface area contributed by atoms with Gasteiger partial charge in [0.2, 0.25) is 0 Å². The maximum atomic E-state index is 10.9. The molecule has 74 valence electrons. The highest BCUT2D eigenvalue weighted by Gasteiger charge is 2.35. The monoisotopic (exact) mass is 185 g/mol. The van der Waals surface area contributed by atoms with Crippen LogP contribution in [0.1, 0.15) is 27.2 Å². The van der Waals surface area contributed by atoms with Crippen molar-refractivity contribution < 1.29 is 14.6 Å². The zero-order chi connectivity index (χ0) is 10.5. The van der Waals surface area contributed by atoms with Gasteiger partial charge in [0.15, 0.2) is 0 Å². The molecule has 0 aliphatic rings. The number of esters is 1. The van der Waals surface area contributed by atoms with Crippen molar-refractivity contribution in [3.63, 3.8) is 0 Å². The largest absolute Gasteiger partial charge is 0.466 e. The van der Waals surface area contributed by atoms with Crippen LogP contribution in [-0.4, -0.2) is 29.3 Å². The molecule has 0 rings (SSSR count). The van der Waals surface area contributed by atoms with E-state index in [1.807, 2.05) is 0 Å². The van der Waals surface area contributed by atoms with Crippen LogP contribution in [-0.2, 0) is 9.53 Å². The first-order chi connectivity index (χ1) is 5.94. The molecule has 0 saturated heterocycles. The van der Waals surface area contributed by atoms with Crippen LogP contribution in [0.4, 0.5) is 0 Å². The average Bonchev–Trinajstić information content (AvgIpc) is 2.04. The second kappa shape index (κ2) is 4.83. The van der Waals surface area contributed by atoms with E-state index in [4.69, 9.17) is 6.57 Å². The first-order valence-corrected chi connectivity index (χ1v) is 4.16. The topological polar surface area (TPSA) is 50.9 Å². The summed E-state index contributed by atoms with van der Waals surface area (Å²) in [5.41, 5.74) is -0.924. The predicted molar refractivity (Wildman–Crippen MR) is 47.9 cm³/mol. The molecule has 0 aromatic rings. The molecule has 1 atom stereocenters. The van der Waals surface area contributed by atoms with Crippen LogP contribution in [0.15, 0.2) is 0 Å². The summed E-state index contributed by atoms with van der Waals surface area (Å²) in [7, 11) is 0. The quantitative estimate of drug-likeness (QED) is 0.525. The van der Waals surface area contributed by atoms with Gasteiger partial charge in [-0.15, -0.1) is 0 Å². The molecule has 0 aliphatic heterocycles. The molecule has 0 fully saturated rings. The Morgan fingerprint density at radius 2 is 2.23 bits per heavy atom. The summed E-state index contributed by atoms with van der Waals surface area (Å²) in [5.74, 6) is -0.466. The van der Waals surface area contributed by atoms with Gasteiger partial charge in [0.25, 0.3) is 5.54 Å². The molecule has 1 unspecified atom stereocenters. The Morgan fingerprint density at radius 1 is 1.69 bits per heavy atom. The van der Waals surface area contributed by atoms with E-state index in [-0.39, 0.29) is 6.42 Å². The van der Waals surface area contributed by atoms with Crippen LogP contribution in [0, 0.1) is 6.57 Å². The Morgan fingerprint density at radius 3 is 2.62 bits per heavy atom. The van der Waals surface area contributed by atoms with Crippen molar-refractivity contribution in [2.45, 2.75) is 38.8 Å². The molecule has 4 heteroatoms. The normalized spacial score (nSPS) is 13.2. The minimum atomic E-state index is -0.968. The number of hydrogen-bond donors (Lipinski definition) is 1. The zero-order valence-electron chi connectivity index (χ0n) is 8.20. The van der Waals surface area contributed by atoms with E-state index in [1.165, 1.54) is 0 Å². The maximum absolute atomic E-state index is 10.9. The predicted octanol–water partition coefficient (Wildman–Crippen LogP) is 0.998. The lowest BCUT2D eigenvalue weighted by molar-refractivity contribution is -0.145. The van der Waals surface area contributed by atoms with Crippen molar-refractivity contribution in [3.05, 3.63) is 11.4 Å². The number of aliphatic hydroxyl groups excluding tert-OH is 1. The Hall–Kier alpha value is -1.08. The fourth-order valence-corrected chi connectivity index (χ4v) is 0.702. The van der Waals surface area contributed by atoms with Crippen molar-refractivity contribution in [1.82, 2.24) is 0 Å². The molecule has 0 radical (unpaired) electrons. The van der Waals surface area contributed by atoms with Crippen LogP contribution in [0.5, 0.6) is 0 Å². The van der Waals surface area contributed by atoms with E-state index in [0.717, 1.165) is 0 Å². The molecule has 0 aromatic heterocycles. The maximum Gasteiger partial charge on any atom is 0.308 e. The van der Waals surface area contributed by atoms with Gasteiger partial charge in [0.05, 0.1) is 13.0 Å². The Labute approximate surface area is 78.3 Å². The van der Waals surface area contributed by atoms with Gasteiger partial charge < -0.3 is 14.7 Å². The van der Waals surface area contributed by atoms with Gasteiger partial charge >= 0.3 is 5.97 Å². The number of rotatable bonds is 4. The van der Waals surface area contributed by atoms with Gasteiger partial charge in [0.1, 0.15) is 6.10 Å². The fourth-order valence-electron chi connectivity index (χ4n) is 0.702.